The van der Waals surface area contributed by atoms with Gasteiger partial charge in [-0.15, -0.1) is 0 Å². The van der Waals surface area contributed by atoms with Gasteiger partial charge in [0.05, 0.1) is 5.75 Å². The van der Waals surface area contributed by atoms with E-state index in [1.807, 2.05) is 0 Å². The molecular formula is C12H16O5S. The average molecular weight is 272 g/mol. The Morgan fingerprint density at radius 1 is 1.39 bits per heavy atom. The van der Waals surface area contributed by atoms with Crippen LogP contribution in [0.4, 0.5) is 0 Å². The first kappa shape index (κ1) is 14.5. The van der Waals surface area contributed by atoms with Crippen molar-refractivity contribution in [2.45, 2.75) is 13.8 Å². The van der Waals surface area contributed by atoms with E-state index in [1.54, 1.807) is 26.0 Å². The molecule has 1 aromatic rings. The maximum atomic E-state index is 11.3. The van der Waals surface area contributed by atoms with Crippen LogP contribution in [0.1, 0.15) is 22.8 Å². The number of rotatable bonds is 6. The van der Waals surface area contributed by atoms with Crippen LogP contribution >= 0.6 is 0 Å². The minimum Gasteiger partial charge on any atom is -0.491 e. The molecule has 0 unspecified atom stereocenters. The van der Waals surface area contributed by atoms with Gasteiger partial charge in [-0.25, -0.2) is 13.2 Å². The van der Waals surface area contributed by atoms with Gasteiger partial charge >= 0.3 is 5.97 Å². The van der Waals surface area contributed by atoms with E-state index in [0.29, 0.717) is 5.56 Å². The van der Waals surface area contributed by atoms with Gasteiger partial charge in [-0.05, 0) is 18.6 Å². The van der Waals surface area contributed by atoms with E-state index in [2.05, 4.69) is 0 Å². The highest BCUT2D eigenvalue weighted by Crippen LogP contribution is 2.23. The Hall–Kier alpha value is -1.56. The zero-order valence-electron chi connectivity index (χ0n) is 10.3. The zero-order valence-corrected chi connectivity index (χ0v) is 11.2. The summed E-state index contributed by atoms with van der Waals surface area (Å²) in [6.07, 6.45) is 0. The molecule has 1 N–H and O–H groups in total. The lowest BCUT2D eigenvalue weighted by molar-refractivity contribution is 0.0692. The highest BCUT2D eigenvalue weighted by molar-refractivity contribution is 7.91. The molecule has 0 heterocycles. The molecule has 1 aromatic carbocycles. The summed E-state index contributed by atoms with van der Waals surface area (Å²) < 4.78 is 27.9. The van der Waals surface area contributed by atoms with Crippen LogP contribution in [0.15, 0.2) is 18.2 Å². The number of para-hydroxylation sites is 1. The average Bonchev–Trinajstić information content (AvgIpc) is 2.30. The fourth-order valence-electron chi connectivity index (χ4n) is 1.43. The summed E-state index contributed by atoms with van der Waals surface area (Å²) in [5.74, 6) is -0.921. The molecule has 0 aliphatic heterocycles. The number of hydrogen-bond donors (Lipinski definition) is 1. The number of sulfone groups is 1. The van der Waals surface area contributed by atoms with Crippen LogP contribution in [-0.2, 0) is 9.84 Å². The van der Waals surface area contributed by atoms with Crippen molar-refractivity contribution in [3.05, 3.63) is 29.3 Å². The molecule has 0 radical (unpaired) electrons. The van der Waals surface area contributed by atoms with Gasteiger partial charge in [0, 0.05) is 5.75 Å². The van der Waals surface area contributed by atoms with Gasteiger partial charge in [0.2, 0.25) is 0 Å². The number of hydrogen-bond acceptors (Lipinski definition) is 4. The third kappa shape index (κ3) is 3.73. The number of aromatic carboxylic acids is 1. The van der Waals surface area contributed by atoms with Crippen LogP contribution in [0.2, 0.25) is 0 Å². The highest BCUT2D eigenvalue weighted by atomic mass is 32.2. The van der Waals surface area contributed by atoms with Crippen molar-refractivity contribution in [2.24, 2.45) is 0 Å². The number of ether oxygens (including phenoxy) is 1. The standard InChI is InChI=1S/C12H16O5S/c1-3-18(15,16)8-7-17-11-9(2)5-4-6-10(11)12(13)14/h4-6H,3,7-8H2,1-2H3,(H,13,14). The summed E-state index contributed by atoms with van der Waals surface area (Å²) in [6, 6.07) is 4.77. The van der Waals surface area contributed by atoms with Gasteiger partial charge < -0.3 is 9.84 Å². The van der Waals surface area contributed by atoms with Crippen molar-refractivity contribution in [1.82, 2.24) is 0 Å². The molecule has 0 aromatic heterocycles. The fraction of sp³-hybridized carbons (Fsp3) is 0.417. The quantitative estimate of drug-likeness (QED) is 0.849. The number of benzene rings is 1. The van der Waals surface area contributed by atoms with E-state index >= 15 is 0 Å². The van der Waals surface area contributed by atoms with E-state index in [-0.39, 0.29) is 29.4 Å². The number of aryl methyl sites for hydroxylation is 1. The summed E-state index contributed by atoms with van der Waals surface area (Å²) in [7, 11) is -3.11. The molecule has 18 heavy (non-hydrogen) atoms. The lowest BCUT2D eigenvalue weighted by atomic mass is 10.1. The van der Waals surface area contributed by atoms with E-state index in [4.69, 9.17) is 9.84 Å². The van der Waals surface area contributed by atoms with Crippen molar-refractivity contribution >= 4 is 15.8 Å². The maximum absolute atomic E-state index is 11.3. The number of carboxylic acid groups (broad SMARTS) is 1. The first-order chi connectivity index (χ1) is 8.37. The van der Waals surface area contributed by atoms with Crippen molar-refractivity contribution in [3.63, 3.8) is 0 Å². The molecule has 0 saturated heterocycles. The third-order valence-corrected chi connectivity index (χ3v) is 4.19. The molecule has 0 bridgehead atoms. The maximum Gasteiger partial charge on any atom is 0.339 e. The number of carboxylic acids is 1. The normalized spacial score (nSPS) is 11.2. The second-order valence-corrected chi connectivity index (χ2v) is 6.31. The molecule has 0 fully saturated rings. The topological polar surface area (TPSA) is 80.7 Å². The van der Waals surface area contributed by atoms with E-state index in [1.165, 1.54) is 6.07 Å². The SMILES string of the molecule is CCS(=O)(=O)CCOc1c(C)cccc1C(=O)O. The van der Waals surface area contributed by atoms with Crippen molar-refractivity contribution in [1.29, 1.82) is 0 Å². The lowest BCUT2D eigenvalue weighted by Gasteiger charge is -2.11. The van der Waals surface area contributed by atoms with Crippen LogP contribution in [0.3, 0.4) is 0 Å². The Morgan fingerprint density at radius 2 is 2.06 bits per heavy atom. The van der Waals surface area contributed by atoms with Crippen molar-refractivity contribution < 1.29 is 23.1 Å². The Labute approximate surface area is 106 Å². The van der Waals surface area contributed by atoms with Crippen LogP contribution < -0.4 is 4.74 Å². The van der Waals surface area contributed by atoms with Crippen LogP contribution in [0, 0.1) is 6.92 Å². The summed E-state index contributed by atoms with van der Waals surface area (Å²) in [6.45, 7) is 3.24. The Bertz CT molecular complexity index is 533. The molecule has 0 aliphatic rings. The molecule has 0 spiro atoms. The van der Waals surface area contributed by atoms with Gasteiger partial charge in [-0.2, -0.15) is 0 Å². The van der Waals surface area contributed by atoms with Crippen molar-refractivity contribution in [3.8, 4) is 5.75 Å². The van der Waals surface area contributed by atoms with Gasteiger partial charge in [0.1, 0.15) is 17.9 Å². The Kier molecular flexibility index (Phi) is 4.72. The molecular weight excluding hydrogens is 256 g/mol. The zero-order chi connectivity index (χ0) is 13.8. The molecule has 0 aliphatic carbocycles. The minimum absolute atomic E-state index is 0.0404. The first-order valence-corrected chi connectivity index (χ1v) is 7.35. The van der Waals surface area contributed by atoms with Crippen LogP contribution in [0.25, 0.3) is 0 Å². The molecule has 0 atom stereocenters. The summed E-state index contributed by atoms with van der Waals surface area (Å²) in [5.41, 5.74) is 0.715. The van der Waals surface area contributed by atoms with Gasteiger partial charge in [0.15, 0.2) is 9.84 Å². The van der Waals surface area contributed by atoms with Gasteiger partial charge in [0.25, 0.3) is 0 Å². The predicted molar refractivity (Wildman–Crippen MR) is 68.0 cm³/mol. The molecule has 0 amide bonds. The summed E-state index contributed by atoms with van der Waals surface area (Å²) in [5, 5.41) is 9.00. The molecule has 100 valence electrons. The molecule has 5 nitrogen and oxygen atoms in total. The predicted octanol–water partition coefficient (Wildman–Crippen LogP) is 1.51. The van der Waals surface area contributed by atoms with Crippen LogP contribution in [-0.4, -0.2) is 37.6 Å². The third-order valence-electron chi connectivity index (χ3n) is 2.52. The van der Waals surface area contributed by atoms with E-state index < -0.39 is 15.8 Å². The first-order valence-electron chi connectivity index (χ1n) is 5.53. The fourth-order valence-corrected chi connectivity index (χ4v) is 2.05. The number of carbonyl (C=O) groups is 1. The Balaban J connectivity index is 2.82. The molecule has 1 rings (SSSR count). The lowest BCUT2D eigenvalue weighted by Crippen LogP contribution is -2.17. The molecule has 0 saturated carbocycles. The van der Waals surface area contributed by atoms with Gasteiger partial charge in [-0.3, -0.25) is 0 Å². The highest BCUT2D eigenvalue weighted by Gasteiger charge is 2.14. The summed E-state index contributed by atoms with van der Waals surface area (Å²) >= 11 is 0. The summed E-state index contributed by atoms with van der Waals surface area (Å²) in [4.78, 5) is 11.0. The molecule has 6 heteroatoms. The van der Waals surface area contributed by atoms with E-state index in [0.717, 1.165) is 0 Å². The largest absolute Gasteiger partial charge is 0.491 e. The smallest absolute Gasteiger partial charge is 0.339 e. The monoisotopic (exact) mass is 272 g/mol. The van der Waals surface area contributed by atoms with Crippen molar-refractivity contribution in [2.75, 3.05) is 18.1 Å². The van der Waals surface area contributed by atoms with Gasteiger partial charge in [-0.1, -0.05) is 19.1 Å². The second kappa shape index (κ2) is 5.86. The van der Waals surface area contributed by atoms with Crippen LogP contribution in [0.5, 0.6) is 5.75 Å². The Morgan fingerprint density at radius 3 is 2.61 bits per heavy atom. The second-order valence-electron chi connectivity index (χ2n) is 3.84. The van der Waals surface area contributed by atoms with E-state index in [9.17, 15) is 13.2 Å². The minimum atomic E-state index is -3.11.